The monoisotopic (exact) mass is 347 g/mol. The van der Waals surface area contributed by atoms with Crippen LogP contribution < -0.4 is 5.32 Å². The van der Waals surface area contributed by atoms with Gasteiger partial charge in [0.15, 0.2) is 5.82 Å². The van der Waals surface area contributed by atoms with Crippen molar-refractivity contribution >= 4 is 33.2 Å². The third-order valence-corrected chi connectivity index (χ3v) is 3.42. The maximum atomic E-state index is 13.5. The highest BCUT2D eigenvalue weighted by molar-refractivity contribution is 9.10. The minimum absolute atomic E-state index is 0.0182. The normalized spacial score (nSPS) is 10.5. The molecule has 2 nitrogen and oxygen atoms in total. The minimum Gasteiger partial charge on any atom is -0.507 e. The van der Waals surface area contributed by atoms with E-state index in [1.807, 2.05) is 0 Å². The van der Waals surface area contributed by atoms with E-state index >= 15 is 0 Å². The van der Waals surface area contributed by atoms with Crippen LogP contribution in [0, 0.1) is 11.6 Å². The Labute approximate surface area is 122 Å². The van der Waals surface area contributed by atoms with E-state index in [0.717, 1.165) is 17.7 Å². The molecule has 0 amide bonds. The highest BCUT2D eigenvalue weighted by Gasteiger charge is 2.09. The van der Waals surface area contributed by atoms with Crippen molar-refractivity contribution < 1.29 is 13.9 Å². The van der Waals surface area contributed by atoms with Gasteiger partial charge in [0.1, 0.15) is 11.6 Å². The van der Waals surface area contributed by atoms with Crippen molar-refractivity contribution in [3.8, 4) is 5.75 Å². The topological polar surface area (TPSA) is 32.3 Å². The lowest BCUT2D eigenvalue weighted by atomic mass is 10.2. The molecule has 0 aliphatic rings. The summed E-state index contributed by atoms with van der Waals surface area (Å²) in [6, 6.07) is 6.70. The molecule has 0 radical (unpaired) electrons. The summed E-state index contributed by atoms with van der Waals surface area (Å²) >= 11 is 8.95. The molecule has 0 saturated carbocycles. The molecule has 0 spiro atoms. The van der Waals surface area contributed by atoms with Gasteiger partial charge in [0, 0.05) is 12.6 Å². The van der Waals surface area contributed by atoms with E-state index in [9.17, 15) is 13.9 Å². The van der Waals surface area contributed by atoms with Gasteiger partial charge < -0.3 is 10.4 Å². The molecule has 100 valence electrons. The van der Waals surface area contributed by atoms with E-state index in [2.05, 4.69) is 21.2 Å². The molecule has 2 N–H and O–H groups in total. The number of nitrogens with one attached hydrogen (secondary N) is 1. The molecule has 0 bridgehead atoms. The first-order valence-corrected chi connectivity index (χ1v) is 6.50. The SMILES string of the molecule is Oc1ccc(CNc2c(F)cc(F)cc2Cl)cc1Br. The molecule has 0 fully saturated rings. The number of halogens is 4. The number of benzene rings is 2. The van der Waals surface area contributed by atoms with Crippen LogP contribution in [0.15, 0.2) is 34.8 Å². The van der Waals surface area contributed by atoms with E-state index < -0.39 is 11.6 Å². The summed E-state index contributed by atoms with van der Waals surface area (Å²) in [5.41, 5.74) is 0.858. The molecule has 2 rings (SSSR count). The predicted molar refractivity (Wildman–Crippen MR) is 74.5 cm³/mol. The average Bonchev–Trinajstić information content (AvgIpc) is 2.32. The number of phenols is 1. The fraction of sp³-hybridized carbons (Fsp3) is 0.0769. The van der Waals surface area contributed by atoms with Crippen LogP contribution in [0.2, 0.25) is 5.02 Å². The van der Waals surface area contributed by atoms with Gasteiger partial charge in [-0.3, -0.25) is 0 Å². The van der Waals surface area contributed by atoms with E-state index in [1.54, 1.807) is 12.1 Å². The lowest BCUT2D eigenvalue weighted by Crippen LogP contribution is -2.02. The van der Waals surface area contributed by atoms with Crippen LogP contribution in [0.25, 0.3) is 0 Å². The van der Waals surface area contributed by atoms with Gasteiger partial charge in [0.05, 0.1) is 15.2 Å². The van der Waals surface area contributed by atoms with Gasteiger partial charge in [-0.15, -0.1) is 0 Å². The molecule has 2 aromatic carbocycles. The molecular formula is C13H9BrClF2NO. The maximum Gasteiger partial charge on any atom is 0.150 e. The zero-order chi connectivity index (χ0) is 14.0. The fourth-order valence-corrected chi connectivity index (χ4v) is 2.25. The van der Waals surface area contributed by atoms with Crippen LogP contribution in [0.4, 0.5) is 14.5 Å². The first kappa shape index (κ1) is 14.1. The van der Waals surface area contributed by atoms with Crippen molar-refractivity contribution in [1.29, 1.82) is 0 Å². The van der Waals surface area contributed by atoms with Gasteiger partial charge >= 0.3 is 0 Å². The van der Waals surface area contributed by atoms with Crippen molar-refractivity contribution in [2.24, 2.45) is 0 Å². The zero-order valence-corrected chi connectivity index (χ0v) is 11.9. The van der Waals surface area contributed by atoms with Gasteiger partial charge in [-0.25, -0.2) is 8.78 Å². The number of hydrogen-bond donors (Lipinski definition) is 2. The lowest BCUT2D eigenvalue weighted by molar-refractivity contribution is 0.471. The Kier molecular flexibility index (Phi) is 4.27. The quantitative estimate of drug-likeness (QED) is 0.843. The number of rotatable bonds is 3. The molecule has 0 aliphatic heterocycles. The molecule has 0 heterocycles. The summed E-state index contributed by atoms with van der Waals surface area (Å²) in [4.78, 5) is 0. The summed E-state index contributed by atoms with van der Waals surface area (Å²) < 4.78 is 26.9. The molecular weight excluding hydrogens is 340 g/mol. The number of phenolic OH excluding ortho intramolecular Hbond substituents is 1. The van der Waals surface area contributed by atoms with Gasteiger partial charge in [-0.05, 0) is 39.7 Å². The molecule has 19 heavy (non-hydrogen) atoms. The molecule has 0 atom stereocenters. The van der Waals surface area contributed by atoms with Crippen LogP contribution in [0.3, 0.4) is 0 Å². The summed E-state index contributed by atoms with van der Waals surface area (Å²) in [5, 5.41) is 12.1. The maximum absolute atomic E-state index is 13.5. The van der Waals surface area contributed by atoms with Crippen LogP contribution in [-0.4, -0.2) is 5.11 Å². The van der Waals surface area contributed by atoms with Crippen molar-refractivity contribution in [3.63, 3.8) is 0 Å². The van der Waals surface area contributed by atoms with E-state index in [4.69, 9.17) is 11.6 Å². The Morgan fingerprint density at radius 1 is 1.21 bits per heavy atom. The smallest absolute Gasteiger partial charge is 0.150 e. The molecule has 2 aromatic rings. The molecule has 0 aromatic heterocycles. The first-order valence-electron chi connectivity index (χ1n) is 5.33. The minimum atomic E-state index is -0.747. The van der Waals surface area contributed by atoms with Gasteiger partial charge in [0.2, 0.25) is 0 Å². The Balaban J connectivity index is 2.16. The van der Waals surface area contributed by atoms with Gasteiger partial charge in [-0.2, -0.15) is 0 Å². The Morgan fingerprint density at radius 3 is 2.58 bits per heavy atom. The molecule has 0 unspecified atom stereocenters. The molecule has 6 heteroatoms. The molecule has 0 saturated heterocycles. The van der Waals surface area contributed by atoms with Gasteiger partial charge in [-0.1, -0.05) is 17.7 Å². The zero-order valence-electron chi connectivity index (χ0n) is 9.55. The second kappa shape index (κ2) is 5.75. The van der Waals surface area contributed by atoms with E-state index in [-0.39, 0.29) is 16.5 Å². The predicted octanol–water partition coefficient (Wildman–Crippen LogP) is 4.70. The lowest BCUT2D eigenvalue weighted by Gasteiger charge is -2.10. The van der Waals surface area contributed by atoms with Crippen molar-refractivity contribution in [2.75, 3.05) is 5.32 Å². The van der Waals surface area contributed by atoms with Gasteiger partial charge in [0.25, 0.3) is 0 Å². The Bertz CT molecular complexity index is 599. The Hall–Kier alpha value is -1.33. The number of anilines is 1. The second-order valence-electron chi connectivity index (χ2n) is 3.88. The third-order valence-electron chi connectivity index (χ3n) is 2.49. The summed E-state index contributed by atoms with van der Waals surface area (Å²) in [7, 11) is 0. The number of aromatic hydroxyl groups is 1. The van der Waals surface area contributed by atoms with Crippen molar-refractivity contribution in [1.82, 2.24) is 0 Å². The average molecular weight is 349 g/mol. The summed E-state index contributed by atoms with van der Waals surface area (Å²) in [6.45, 7) is 0.293. The highest BCUT2D eigenvalue weighted by Crippen LogP contribution is 2.28. The fourth-order valence-electron chi connectivity index (χ4n) is 1.56. The van der Waals surface area contributed by atoms with Crippen LogP contribution in [0.5, 0.6) is 5.75 Å². The second-order valence-corrected chi connectivity index (χ2v) is 5.15. The van der Waals surface area contributed by atoms with Crippen LogP contribution in [0.1, 0.15) is 5.56 Å². The summed E-state index contributed by atoms with van der Waals surface area (Å²) in [6.07, 6.45) is 0. The third kappa shape index (κ3) is 3.36. The van der Waals surface area contributed by atoms with Crippen LogP contribution in [-0.2, 0) is 6.54 Å². The highest BCUT2D eigenvalue weighted by atomic mass is 79.9. The summed E-state index contributed by atoms with van der Waals surface area (Å²) in [5.74, 6) is -1.35. The first-order chi connectivity index (χ1) is 8.97. The van der Waals surface area contributed by atoms with Crippen LogP contribution >= 0.6 is 27.5 Å². The largest absolute Gasteiger partial charge is 0.507 e. The van der Waals surface area contributed by atoms with E-state index in [1.165, 1.54) is 6.07 Å². The number of hydrogen-bond acceptors (Lipinski definition) is 2. The van der Waals surface area contributed by atoms with E-state index in [0.29, 0.717) is 11.0 Å². The van der Waals surface area contributed by atoms with Crippen molar-refractivity contribution in [3.05, 3.63) is 57.0 Å². The Morgan fingerprint density at radius 2 is 1.95 bits per heavy atom. The molecule has 0 aliphatic carbocycles. The van der Waals surface area contributed by atoms with Crippen molar-refractivity contribution in [2.45, 2.75) is 6.54 Å². The standard InChI is InChI=1S/C13H9BrClF2NO/c14-9-3-7(1-2-12(9)19)6-18-13-10(15)4-8(16)5-11(13)17/h1-5,18-19H,6H2.